The summed E-state index contributed by atoms with van der Waals surface area (Å²) < 4.78 is 0. The van der Waals surface area contributed by atoms with Crippen LogP contribution in [0, 0.1) is 6.92 Å². The van der Waals surface area contributed by atoms with Gasteiger partial charge >= 0.3 is 0 Å². The molecular weight excluding hydrogens is 256 g/mol. The number of anilines is 1. The Labute approximate surface area is 117 Å². The molecule has 2 aromatic carbocycles. The van der Waals surface area contributed by atoms with Crippen molar-refractivity contribution in [1.29, 1.82) is 0 Å². The summed E-state index contributed by atoms with van der Waals surface area (Å²) in [6.07, 6.45) is 0. The summed E-state index contributed by atoms with van der Waals surface area (Å²) in [5.41, 5.74) is 14.7. The third-order valence-electron chi connectivity index (χ3n) is 2.77. The number of aryl methyl sites for hydroxylation is 1. The molecule has 0 heterocycles. The normalized spacial score (nSPS) is 10.4. The third kappa shape index (κ3) is 3.51. The van der Waals surface area contributed by atoms with Gasteiger partial charge in [-0.05, 0) is 30.7 Å². The number of amides is 1. The van der Waals surface area contributed by atoms with Crippen LogP contribution in [0.2, 0.25) is 0 Å². The number of carbonyl (C=O) groups excluding carboxylic acids is 1. The Hall–Kier alpha value is -1.94. The van der Waals surface area contributed by atoms with Gasteiger partial charge in [0.15, 0.2) is 0 Å². The summed E-state index contributed by atoms with van der Waals surface area (Å²) in [5.74, 6) is 0.392. The number of nitrogens with two attached hydrogens (primary N) is 2. The second-order valence-electron chi connectivity index (χ2n) is 4.39. The van der Waals surface area contributed by atoms with Crippen molar-refractivity contribution in [2.24, 2.45) is 5.73 Å². The summed E-state index contributed by atoms with van der Waals surface area (Å²) in [7, 11) is 0. The van der Waals surface area contributed by atoms with Crippen LogP contribution < -0.4 is 11.5 Å². The SMILES string of the molecule is Cc1cccc(CSc2ccc(C(N)=O)cc2N)c1. The molecule has 4 heteroatoms. The predicted molar refractivity (Wildman–Crippen MR) is 80.1 cm³/mol. The molecular formula is C15H16N2OS. The second-order valence-corrected chi connectivity index (χ2v) is 5.41. The van der Waals surface area contributed by atoms with E-state index in [0.717, 1.165) is 10.6 Å². The summed E-state index contributed by atoms with van der Waals surface area (Å²) in [6.45, 7) is 2.07. The molecule has 0 fully saturated rings. The molecule has 3 nitrogen and oxygen atoms in total. The average Bonchev–Trinajstić information content (AvgIpc) is 2.37. The van der Waals surface area contributed by atoms with Gasteiger partial charge < -0.3 is 11.5 Å². The quantitative estimate of drug-likeness (QED) is 0.664. The zero-order valence-electron chi connectivity index (χ0n) is 10.7. The molecule has 2 aromatic rings. The van der Waals surface area contributed by atoms with E-state index in [0.29, 0.717) is 11.3 Å². The van der Waals surface area contributed by atoms with Crippen LogP contribution in [0.1, 0.15) is 21.5 Å². The van der Waals surface area contributed by atoms with Crippen LogP contribution in [0.15, 0.2) is 47.4 Å². The fourth-order valence-corrected chi connectivity index (χ4v) is 2.69. The number of rotatable bonds is 4. The molecule has 0 unspecified atom stereocenters. The first kappa shape index (κ1) is 13.5. The van der Waals surface area contributed by atoms with Crippen molar-refractivity contribution in [2.75, 3.05) is 5.73 Å². The Morgan fingerprint density at radius 2 is 2.00 bits per heavy atom. The molecule has 2 rings (SSSR count). The molecule has 0 atom stereocenters. The maximum atomic E-state index is 11.0. The van der Waals surface area contributed by atoms with Gasteiger partial charge in [-0.15, -0.1) is 11.8 Å². The van der Waals surface area contributed by atoms with Crippen molar-refractivity contribution in [1.82, 2.24) is 0 Å². The largest absolute Gasteiger partial charge is 0.398 e. The van der Waals surface area contributed by atoms with E-state index < -0.39 is 5.91 Å². The molecule has 1 amide bonds. The van der Waals surface area contributed by atoms with E-state index >= 15 is 0 Å². The fourth-order valence-electron chi connectivity index (χ4n) is 1.80. The van der Waals surface area contributed by atoms with E-state index in [1.165, 1.54) is 11.1 Å². The van der Waals surface area contributed by atoms with E-state index in [2.05, 4.69) is 25.1 Å². The van der Waals surface area contributed by atoms with E-state index in [1.807, 2.05) is 12.1 Å². The number of hydrogen-bond donors (Lipinski definition) is 2. The molecule has 0 aromatic heterocycles. The van der Waals surface area contributed by atoms with Gasteiger partial charge in [-0.2, -0.15) is 0 Å². The van der Waals surface area contributed by atoms with Gasteiger partial charge in [0, 0.05) is 21.9 Å². The van der Waals surface area contributed by atoms with E-state index in [-0.39, 0.29) is 0 Å². The van der Waals surface area contributed by atoms with Crippen LogP contribution in [0.4, 0.5) is 5.69 Å². The second kappa shape index (κ2) is 5.80. The lowest BCUT2D eigenvalue weighted by Crippen LogP contribution is -2.11. The number of primary amides is 1. The average molecular weight is 272 g/mol. The highest BCUT2D eigenvalue weighted by atomic mass is 32.2. The molecule has 0 radical (unpaired) electrons. The number of hydrogen-bond acceptors (Lipinski definition) is 3. The zero-order valence-corrected chi connectivity index (χ0v) is 11.5. The smallest absolute Gasteiger partial charge is 0.248 e. The molecule has 0 bridgehead atoms. The Balaban J connectivity index is 2.10. The first-order valence-electron chi connectivity index (χ1n) is 5.94. The van der Waals surface area contributed by atoms with Gasteiger partial charge in [-0.3, -0.25) is 4.79 Å². The molecule has 0 spiro atoms. The Bertz CT molecular complexity index is 611. The molecule has 0 aliphatic rings. The van der Waals surface area contributed by atoms with Crippen LogP contribution >= 0.6 is 11.8 Å². The minimum atomic E-state index is -0.457. The van der Waals surface area contributed by atoms with Crippen LogP contribution in [-0.4, -0.2) is 5.91 Å². The maximum Gasteiger partial charge on any atom is 0.248 e. The molecule has 98 valence electrons. The van der Waals surface area contributed by atoms with E-state index in [4.69, 9.17) is 11.5 Å². The first-order chi connectivity index (χ1) is 9.06. The van der Waals surface area contributed by atoms with Gasteiger partial charge in [0.25, 0.3) is 0 Å². The Morgan fingerprint density at radius 1 is 1.21 bits per heavy atom. The van der Waals surface area contributed by atoms with Gasteiger partial charge in [0.2, 0.25) is 5.91 Å². The minimum absolute atomic E-state index is 0.442. The third-order valence-corrected chi connectivity index (χ3v) is 3.93. The molecule has 0 aliphatic carbocycles. The van der Waals surface area contributed by atoms with E-state index in [1.54, 1.807) is 23.9 Å². The van der Waals surface area contributed by atoms with Gasteiger partial charge in [-0.1, -0.05) is 29.8 Å². The summed E-state index contributed by atoms with van der Waals surface area (Å²) in [5, 5.41) is 0. The van der Waals surface area contributed by atoms with Crippen molar-refractivity contribution in [3.05, 3.63) is 59.2 Å². The molecule has 0 saturated carbocycles. The van der Waals surface area contributed by atoms with Crippen molar-refractivity contribution in [2.45, 2.75) is 17.6 Å². The predicted octanol–water partition coefficient (Wildman–Crippen LogP) is 2.97. The van der Waals surface area contributed by atoms with E-state index in [9.17, 15) is 4.79 Å². The topological polar surface area (TPSA) is 69.1 Å². The van der Waals surface area contributed by atoms with Crippen LogP contribution in [-0.2, 0) is 5.75 Å². The lowest BCUT2D eigenvalue weighted by molar-refractivity contribution is 0.100. The fraction of sp³-hybridized carbons (Fsp3) is 0.133. The van der Waals surface area contributed by atoms with Crippen LogP contribution in [0.3, 0.4) is 0 Å². The van der Waals surface area contributed by atoms with Gasteiger partial charge in [-0.25, -0.2) is 0 Å². The number of nitrogen functional groups attached to an aromatic ring is 1. The molecule has 4 N–H and O–H groups in total. The monoisotopic (exact) mass is 272 g/mol. The summed E-state index contributed by atoms with van der Waals surface area (Å²) >= 11 is 1.65. The van der Waals surface area contributed by atoms with Crippen LogP contribution in [0.25, 0.3) is 0 Å². The highest BCUT2D eigenvalue weighted by Gasteiger charge is 2.05. The Morgan fingerprint density at radius 3 is 2.63 bits per heavy atom. The zero-order chi connectivity index (χ0) is 13.8. The van der Waals surface area contributed by atoms with Crippen molar-refractivity contribution >= 4 is 23.4 Å². The molecule has 19 heavy (non-hydrogen) atoms. The van der Waals surface area contributed by atoms with Gasteiger partial charge in [0.1, 0.15) is 0 Å². The first-order valence-corrected chi connectivity index (χ1v) is 6.92. The van der Waals surface area contributed by atoms with Crippen molar-refractivity contribution in [3.63, 3.8) is 0 Å². The standard InChI is InChI=1S/C15H16N2OS/c1-10-3-2-4-11(7-10)9-19-14-6-5-12(15(17)18)8-13(14)16/h2-8H,9,16H2,1H3,(H2,17,18). The van der Waals surface area contributed by atoms with Crippen molar-refractivity contribution < 1.29 is 4.79 Å². The van der Waals surface area contributed by atoms with Crippen LogP contribution in [0.5, 0.6) is 0 Å². The number of carbonyl (C=O) groups is 1. The highest BCUT2D eigenvalue weighted by molar-refractivity contribution is 7.98. The lowest BCUT2D eigenvalue weighted by Gasteiger charge is -2.07. The molecule has 0 saturated heterocycles. The van der Waals surface area contributed by atoms with Crippen molar-refractivity contribution in [3.8, 4) is 0 Å². The molecule has 0 aliphatic heterocycles. The maximum absolute atomic E-state index is 11.0. The summed E-state index contributed by atoms with van der Waals surface area (Å²) in [6, 6.07) is 13.5. The van der Waals surface area contributed by atoms with Gasteiger partial charge in [0.05, 0.1) is 0 Å². The number of thioether (sulfide) groups is 1. The number of benzene rings is 2. The lowest BCUT2D eigenvalue weighted by atomic mass is 10.2. The Kier molecular flexibility index (Phi) is 4.12. The summed E-state index contributed by atoms with van der Waals surface area (Å²) in [4.78, 5) is 12.0. The minimum Gasteiger partial charge on any atom is -0.398 e. The highest BCUT2D eigenvalue weighted by Crippen LogP contribution is 2.29.